The molecule has 0 saturated carbocycles. The molecular weight excluding hydrogens is 392 g/mol. The van der Waals surface area contributed by atoms with Crippen LogP contribution in [0.3, 0.4) is 0 Å². The summed E-state index contributed by atoms with van der Waals surface area (Å²) in [6, 6.07) is 1.65. The van der Waals surface area contributed by atoms with Crippen molar-refractivity contribution in [2.45, 2.75) is 59.4 Å². The number of methoxy groups -OCH3 is 2. The molecule has 8 nitrogen and oxygen atoms in total. The molecule has 0 fully saturated rings. The number of allylic oxidation sites excluding steroid dienone is 2. The maximum absolute atomic E-state index is 12.7. The minimum atomic E-state index is -1.16. The van der Waals surface area contributed by atoms with Gasteiger partial charge in [-0.3, -0.25) is 9.59 Å². The molecule has 1 aliphatic rings. The summed E-state index contributed by atoms with van der Waals surface area (Å²) in [4.78, 5) is 35.3. The van der Waals surface area contributed by atoms with Gasteiger partial charge in [-0.1, -0.05) is 11.6 Å². The van der Waals surface area contributed by atoms with E-state index in [1.54, 1.807) is 19.9 Å². The first-order valence-electron chi connectivity index (χ1n) is 9.58. The van der Waals surface area contributed by atoms with Crippen molar-refractivity contribution in [2.75, 3.05) is 14.2 Å². The van der Waals surface area contributed by atoms with Crippen molar-refractivity contribution in [1.82, 2.24) is 0 Å². The Hall–Kier alpha value is -3.03. The molecule has 0 N–H and O–H groups in total. The van der Waals surface area contributed by atoms with Crippen molar-refractivity contribution < 1.29 is 38.1 Å². The number of cyclic esters (lactones) is 1. The van der Waals surface area contributed by atoms with Crippen LogP contribution in [-0.2, 0) is 36.8 Å². The third-order valence-corrected chi connectivity index (χ3v) is 4.57. The van der Waals surface area contributed by atoms with Gasteiger partial charge in [-0.15, -0.1) is 0 Å². The molecule has 0 saturated heterocycles. The number of hydrogen-bond donors (Lipinski definition) is 0. The summed E-state index contributed by atoms with van der Waals surface area (Å²) >= 11 is 0. The van der Waals surface area contributed by atoms with E-state index in [0.717, 1.165) is 5.57 Å². The second kappa shape index (κ2) is 9.65. The minimum Gasteiger partial charge on any atom is -0.496 e. The molecule has 2 rings (SSSR count). The first-order chi connectivity index (χ1) is 14.1. The van der Waals surface area contributed by atoms with Gasteiger partial charge in [0, 0.05) is 38.3 Å². The highest BCUT2D eigenvalue weighted by atomic mass is 16.7. The van der Waals surface area contributed by atoms with Gasteiger partial charge in [0.25, 0.3) is 0 Å². The van der Waals surface area contributed by atoms with Crippen molar-refractivity contribution in [2.24, 2.45) is 0 Å². The van der Waals surface area contributed by atoms with E-state index in [1.165, 1.54) is 21.1 Å². The van der Waals surface area contributed by atoms with Crippen LogP contribution in [-0.4, -0.2) is 37.9 Å². The number of carbonyl (C=O) groups is 3. The molecule has 1 aromatic rings. The highest BCUT2D eigenvalue weighted by molar-refractivity contribution is 5.96. The lowest BCUT2D eigenvalue weighted by atomic mass is 9.96. The smallest absolute Gasteiger partial charge is 0.345 e. The number of fused-ring (bicyclic) bond motifs is 1. The molecule has 0 radical (unpaired) electrons. The topological polar surface area (TPSA) is 97.4 Å². The van der Waals surface area contributed by atoms with Crippen LogP contribution < -0.4 is 9.47 Å². The summed E-state index contributed by atoms with van der Waals surface area (Å²) in [7, 11) is 2.87. The summed E-state index contributed by atoms with van der Waals surface area (Å²) < 4.78 is 26.6. The van der Waals surface area contributed by atoms with Crippen LogP contribution in [0.5, 0.6) is 11.5 Å². The average Bonchev–Trinajstić information content (AvgIpc) is 2.67. The molecule has 1 aromatic carbocycles. The first kappa shape index (κ1) is 23.3. The number of ether oxygens (including phenoxy) is 5. The van der Waals surface area contributed by atoms with E-state index in [4.69, 9.17) is 18.9 Å². The SMILES string of the molecule is COC(=O)CC/C(C)=C/Cc1c(OC)cc(COC(C)=O)c2c1OC(C)(C)OC2=O. The van der Waals surface area contributed by atoms with Gasteiger partial charge in [0.05, 0.1) is 14.2 Å². The lowest BCUT2D eigenvalue weighted by Gasteiger charge is -2.34. The van der Waals surface area contributed by atoms with Crippen LogP contribution >= 0.6 is 0 Å². The standard InChI is InChI=1S/C22H28O8/c1-13(8-10-18(24)27-6)7-9-16-17(26-5)11-15(12-28-14(2)23)19-20(16)29-22(3,4)30-21(19)25/h7,11H,8-10,12H2,1-6H3/b13-7+. The zero-order valence-corrected chi connectivity index (χ0v) is 18.2. The largest absolute Gasteiger partial charge is 0.496 e. The molecule has 0 unspecified atom stereocenters. The molecule has 30 heavy (non-hydrogen) atoms. The summed E-state index contributed by atoms with van der Waals surface area (Å²) in [6.07, 6.45) is 3.19. The Morgan fingerprint density at radius 1 is 1.13 bits per heavy atom. The highest BCUT2D eigenvalue weighted by Crippen LogP contribution is 2.42. The Morgan fingerprint density at radius 2 is 1.83 bits per heavy atom. The maximum atomic E-state index is 12.7. The van der Waals surface area contributed by atoms with Crippen LogP contribution in [0.2, 0.25) is 0 Å². The van der Waals surface area contributed by atoms with Crippen LogP contribution in [0.25, 0.3) is 0 Å². The van der Waals surface area contributed by atoms with Crippen LogP contribution in [0.4, 0.5) is 0 Å². The van der Waals surface area contributed by atoms with Crippen LogP contribution in [0.15, 0.2) is 17.7 Å². The van der Waals surface area contributed by atoms with E-state index in [0.29, 0.717) is 35.5 Å². The normalized spacial score (nSPS) is 14.9. The van der Waals surface area contributed by atoms with Crippen molar-refractivity contribution in [1.29, 1.82) is 0 Å². The van der Waals surface area contributed by atoms with Gasteiger partial charge in [0.2, 0.25) is 5.79 Å². The Kier molecular flexibility index (Phi) is 7.48. The van der Waals surface area contributed by atoms with E-state index in [-0.39, 0.29) is 24.6 Å². The molecule has 1 aliphatic heterocycles. The van der Waals surface area contributed by atoms with Gasteiger partial charge in [0.15, 0.2) is 0 Å². The summed E-state index contributed by atoms with van der Waals surface area (Å²) in [6.45, 7) is 6.37. The lowest BCUT2D eigenvalue weighted by Crippen LogP contribution is -2.40. The second-order valence-corrected chi connectivity index (χ2v) is 7.42. The second-order valence-electron chi connectivity index (χ2n) is 7.42. The number of benzene rings is 1. The number of rotatable bonds is 8. The Labute approximate surface area is 176 Å². The third-order valence-electron chi connectivity index (χ3n) is 4.57. The van der Waals surface area contributed by atoms with Gasteiger partial charge < -0.3 is 23.7 Å². The molecule has 8 heteroatoms. The van der Waals surface area contributed by atoms with Gasteiger partial charge >= 0.3 is 17.9 Å². The number of carbonyl (C=O) groups excluding carboxylic acids is 3. The molecule has 0 atom stereocenters. The van der Waals surface area contributed by atoms with Crippen molar-refractivity contribution in [3.05, 3.63) is 34.4 Å². The molecule has 1 heterocycles. The number of hydrogen-bond acceptors (Lipinski definition) is 8. The quantitative estimate of drug-likeness (QED) is 0.358. The lowest BCUT2D eigenvalue weighted by molar-refractivity contribution is -0.143. The molecule has 0 aliphatic carbocycles. The highest BCUT2D eigenvalue weighted by Gasteiger charge is 2.38. The predicted octanol–water partition coefficient (Wildman–Crippen LogP) is 3.49. The molecule has 0 aromatic heterocycles. The first-order valence-corrected chi connectivity index (χ1v) is 9.58. The van der Waals surface area contributed by atoms with E-state index in [9.17, 15) is 14.4 Å². The minimum absolute atomic E-state index is 0.110. The van der Waals surface area contributed by atoms with E-state index in [1.807, 2.05) is 13.0 Å². The fraction of sp³-hybridized carbons (Fsp3) is 0.500. The van der Waals surface area contributed by atoms with Gasteiger partial charge in [-0.25, -0.2) is 4.79 Å². The van der Waals surface area contributed by atoms with E-state index in [2.05, 4.69) is 4.74 Å². The molecule has 164 valence electrons. The van der Waals surface area contributed by atoms with Gasteiger partial charge in [0.1, 0.15) is 23.7 Å². The van der Waals surface area contributed by atoms with E-state index < -0.39 is 17.7 Å². The average molecular weight is 420 g/mol. The monoisotopic (exact) mass is 420 g/mol. The zero-order valence-electron chi connectivity index (χ0n) is 18.2. The van der Waals surface area contributed by atoms with E-state index >= 15 is 0 Å². The van der Waals surface area contributed by atoms with Gasteiger partial charge in [-0.05, 0) is 25.8 Å². The fourth-order valence-corrected chi connectivity index (χ4v) is 3.05. The maximum Gasteiger partial charge on any atom is 0.345 e. The predicted molar refractivity (Wildman–Crippen MR) is 107 cm³/mol. The van der Waals surface area contributed by atoms with Crippen LogP contribution in [0.1, 0.15) is 62.0 Å². The zero-order chi connectivity index (χ0) is 22.5. The summed E-state index contributed by atoms with van der Waals surface area (Å²) in [5, 5.41) is 0. The molecular formula is C22H28O8. The summed E-state index contributed by atoms with van der Waals surface area (Å²) in [5.41, 5.74) is 2.30. The molecule has 0 spiro atoms. The molecule has 0 amide bonds. The summed E-state index contributed by atoms with van der Waals surface area (Å²) in [5.74, 6) is -1.62. The fourth-order valence-electron chi connectivity index (χ4n) is 3.05. The Balaban J connectivity index is 2.46. The van der Waals surface area contributed by atoms with Crippen molar-refractivity contribution in [3.63, 3.8) is 0 Å². The Bertz CT molecular complexity index is 866. The molecule has 0 bridgehead atoms. The Morgan fingerprint density at radius 3 is 2.43 bits per heavy atom. The van der Waals surface area contributed by atoms with Gasteiger partial charge in [-0.2, -0.15) is 0 Å². The van der Waals surface area contributed by atoms with Crippen LogP contribution in [0, 0.1) is 0 Å². The van der Waals surface area contributed by atoms with Crippen molar-refractivity contribution in [3.8, 4) is 11.5 Å². The third kappa shape index (κ3) is 5.75. The number of esters is 3. The van der Waals surface area contributed by atoms with Crippen molar-refractivity contribution >= 4 is 17.9 Å².